The fourth-order valence-corrected chi connectivity index (χ4v) is 2.64. The van der Waals surface area contributed by atoms with Crippen LogP contribution in [0, 0.1) is 16.0 Å². The van der Waals surface area contributed by atoms with E-state index in [4.69, 9.17) is 5.11 Å². The van der Waals surface area contributed by atoms with Crippen LogP contribution >= 0.6 is 0 Å². The molecule has 1 fully saturated rings. The van der Waals surface area contributed by atoms with Crippen LogP contribution in [0.25, 0.3) is 0 Å². The lowest BCUT2D eigenvalue weighted by Gasteiger charge is -2.17. The molecular weight excluding hydrogens is 336 g/mol. The van der Waals surface area contributed by atoms with Crippen molar-refractivity contribution in [1.82, 2.24) is 5.32 Å². The molecule has 2 aromatic rings. The average Bonchev–Trinajstić information content (AvgIpc) is 2.69. The molecule has 0 unspecified atom stereocenters. The van der Waals surface area contributed by atoms with Gasteiger partial charge in [-0.2, -0.15) is 0 Å². The number of nitrogens with one attached hydrogen (secondary N) is 1. The largest absolute Gasteiger partial charge is 0.481 e. The molecule has 0 saturated carbocycles. The highest BCUT2D eigenvalue weighted by Crippen LogP contribution is 2.21. The zero-order valence-electron chi connectivity index (χ0n) is 14.1. The van der Waals surface area contributed by atoms with Crippen molar-refractivity contribution in [2.24, 2.45) is 5.92 Å². The van der Waals surface area contributed by atoms with Crippen LogP contribution in [0.5, 0.6) is 0 Å². The molecule has 0 atom stereocenters. The first-order valence-corrected chi connectivity index (χ1v) is 8.27. The van der Waals surface area contributed by atoms with Crippen LogP contribution in [0.3, 0.4) is 0 Å². The second kappa shape index (κ2) is 9.43. The van der Waals surface area contributed by atoms with E-state index in [1.165, 1.54) is 12.1 Å². The van der Waals surface area contributed by atoms with Crippen molar-refractivity contribution in [2.45, 2.75) is 12.8 Å². The maximum absolute atomic E-state index is 12.1. The Morgan fingerprint density at radius 2 is 1.58 bits per heavy atom. The van der Waals surface area contributed by atoms with Gasteiger partial charge in [-0.1, -0.05) is 42.5 Å². The Labute approximate surface area is 150 Å². The molecule has 3 rings (SSSR count). The molecule has 0 aromatic heterocycles. The summed E-state index contributed by atoms with van der Waals surface area (Å²) in [6.45, 7) is 1.72. The second-order valence-corrected chi connectivity index (χ2v) is 5.83. The topological polar surface area (TPSA) is 110 Å². The normalized spacial score (nSPS) is 14.0. The highest BCUT2D eigenvalue weighted by Gasteiger charge is 2.20. The van der Waals surface area contributed by atoms with Gasteiger partial charge in [0.2, 0.25) is 0 Å². The van der Waals surface area contributed by atoms with E-state index in [2.05, 4.69) is 5.32 Å². The van der Waals surface area contributed by atoms with Gasteiger partial charge in [-0.25, -0.2) is 0 Å². The maximum Gasteiger partial charge on any atom is 0.306 e. The van der Waals surface area contributed by atoms with Crippen molar-refractivity contribution in [1.29, 1.82) is 0 Å². The summed E-state index contributed by atoms with van der Waals surface area (Å²) in [5.74, 6) is -1.07. The van der Waals surface area contributed by atoms with Crippen molar-refractivity contribution in [3.8, 4) is 0 Å². The summed E-state index contributed by atoms with van der Waals surface area (Å²) in [5, 5.41) is 22.4. The summed E-state index contributed by atoms with van der Waals surface area (Å²) in [6, 6.07) is 14.5. The lowest BCUT2D eigenvalue weighted by Crippen LogP contribution is -2.31. The minimum atomic E-state index is -0.642. The third kappa shape index (κ3) is 5.22. The monoisotopic (exact) mass is 356 g/mol. The van der Waals surface area contributed by atoms with Gasteiger partial charge in [-0.3, -0.25) is 19.7 Å². The third-order valence-electron chi connectivity index (χ3n) is 4.07. The maximum atomic E-state index is 12.1. The number of carbonyl (C=O) groups excluding carboxylic acids is 1. The minimum absolute atomic E-state index is 0.0914. The summed E-state index contributed by atoms with van der Waals surface area (Å²) in [4.78, 5) is 32.7. The van der Waals surface area contributed by atoms with E-state index in [0.29, 0.717) is 5.56 Å². The molecule has 1 aliphatic heterocycles. The van der Waals surface area contributed by atoms with Crippen LogP contribution in [-0.2, 0) is 4.79 Å². The number of hydrogen-bond donors (Lipinski definition) is 2. The lowest BCUT2D eigenvalue weighted by molar-refractivity contribution is -0.385. The van der Waals surface area contributed by atoms with Crippen LogP contribution in [0.1, 0.15) is 28.8 Å². The first kappa shape index (κ1) is 19.3. The van der Waals surface area contributed by atoms with Crippen molar-refractivity contribution >= 4 is 17.4 Å². The quantitative estimate of drug-likeness (QED) is 0.495. The van der Waals surface area contributed by atoms with Gasteiger partial charge in [0.05, 0.1) is 10.8 Å². The van der Waals surface area contributed by atoms with Gasteiger partial charge < -0.3 is 10.4 Å². The average molecular weight is 356 g/mol. The van der Waals surface area contributed by atoms with Gasteiger partial charge in [-0.15, -0.1) is 0 Å². The zero-order valence-corrected chi connectivity index (χ0v) is 14.1. The Hall–Kier alpha value is -3.06. The van der Waals surface area contributed by atoms with Crippen molar-refractivity contribution in [3.63, 3.8) is 0 Å². The number of aliphatic carboxylic acids is 1. The number of piperidine rings is 1. The van der Waals surface area contributed by atoms with Gasteiger partial charge in [0, 0.05) is 11.6 Å². The Morgan fingerprint density at radius 1 is 1.00 bits per heavy atom. The van der Waals surface area contributed by atoms with E-state index < -0.39 is 10.9 Å². The van der Waals surface area contributed by atoms with E-state index in [-0.39, 0.29) is 23.0 Å². The Kier molecular flexibility index (Phi) is 6.99. The lowest BCUT2D eigenvalue weighted by atomic mass is 9.99. The van der Waals surface area contributed by atoms with Crippen LogP contribution in [0.4, 0.5) is 5.69 Å². The third-order valence-corrected chi connectivity index (χ3v) is 4.07. The molecule has 26 heavy (non-hydrogen) atoms. The number of nitro groups is 1. The van der Waals surface area contributed by atoms with Gasteiger partial charge in [0.1, 0.15) is 5.56 Å². The number of hydrogen-bond acceptors (Lipinski definition) is 5. The molecule has 0 aliphatic carbocycles. The Bertz CT molecular complexity index is 771. The van der Waals surface area contributed by atoms with Gasteiger partial charge in [0.25, 0.3) is 5.69 Å². The molecule has 1 saturated heterocycles. The van der Waals surface area contributed by atoms with Gasteiger partial charge in [0.15, 0.2) is 5.78 Å². The number of carbonyl (C=O) groups is 2. The minimum Gasteiger partial charge on any atom is -0.481 e. The summed E-state index contributed by atoms with van der Waals surface area (Å²) in [5.41, 5.74) is 0.395. The number of para-hydroxylation sites is 1. The van der Waals surface area contributed by atoms with E-state index >= 15 is 0 Å². The number of rotatable bonds is 4. The predicted octanol–water partition coefficient (Wildman–Crippen LogP) is 2.90. The van der Waals surface area contributed by atoms with Crippen LogP contribution < -0.4 is 5.32 Å². The Morgan fingerprint density at radius 3 is 2.12 bits per heavy atom. The summed E-state index contributed by atoms with van der Waals surface area (Å²) in [6.07, 6.45) is 1.57. The molecule has 1 heterocycles. The van der Waals surface area contributed by atoms with Crippen molar-refractivity contribution < 1.29 is 19.6 Å². The first-order valence-electron chi connectivity index (χ1n) is 8.27. The molecule has 136 valence electrons. The first-order chi connectivity index (χ1) is 12.5. The molecule has 0 radical (unpaired) electrons. The second-order valence-electron chi connectivity index (χ2n) is 5.83. The van der Waals surface area contributed by atoms with Gasteiger partial charge >= 0.3 is 5.97 Å². The van der Waals surface area contributed by atoms with E-state index in [0.717, 1.165) is 25.9 Å². The number of carboxylic acids is 1. The number of carboxylic acid groups (broad SMARTS) is 1. The van der Waals surface area contributed by atoms with E-state index in [1.807, 2.05) is 0 Å². The fraction of sp³-hybridized carbons (Fsp3) is 0.263. The highest BCUT2D eigenvalue weighted by molar-refractivity contribution is 6.11. The molecule has 0 bridgehead atoms. The number of nitro benzene ring substituents is 1. The Balaban J connectivity index is 0.000000228. The van der Waals surface area contributed by atoms with Crippen LogP contribution in [-0.4, -0.2) is 34.9 Å². The predicted molar refractivity (Wildman–Crippen MR) is 96.2 cm³/mol. The van der Waals surface area contributed by atoms with Gasteiger partial charge in [-0.05, 0) is 32.0 Å². The molecule has 0 amide bonds. The molecule has 2 aromatic carbocycles. The molecule has 2 N–H and O–H groups in total. The van der Waals surface area contributed by atoms with E-state index in [1.54, 1.807) is 42.5 Å². The molecule has 1 aliphatic rings. The van der Waals surface area contributed by atoms with Crippen molar-refractivity contribution in [3.05, 3.63) is 75.8 Å². The standard InChI is InChI=1S/C13H9NO3.C6H11NO2/c15-13(10-6-2-1-3-7-10)11-8-4-5-9-12(11)14(16)17;8-6(9)5-1-3-7-4-2-5/h1-9H;5,7H,1-4H2,(H,8,9). The summed E-state index contributed by atoms with van der Waals surface area (Å²) >= 11 is 0. The summed E-state index contributed by atoms with van der Waals surface area (Å²) in [7, 11) is 0. The number of ketones is 1. The molecule has 7 heteroatoms. The highest BCUT2D eigenvalue weighted by atomic mass is 16.6. The van der Waals surface area contributed by atoms with Crippen molar-refractivity contribution in [2.75, 3.05) is 13.1 Å². The molecule has 7 nitrogen and oxygen atoms in total. The summed E-state index contributed by atoms with van der Waals surface area (Å²) < 4.78 is 0. The number of benzene rings is 2. The SMILES string of the molecule is O=C(O)C1CCNCC1.O=C(c1ccccc1)c1ccccc1[N+](=O)[O-]. The van der Waals surface area contributed by atoms with E-state index in [9.17, 15) is 19.7 Å². The van der Waals surface area contributed by atoms with Crippen LogP contribution in [0.2, 0.25) is 0 Å². The zero-order chi connectivity index (χ0) is 18.9. The number of nitrogens with zero attached hydrogens (tertiary/aromatic N) is 1. The molecular formula is C19H20N2O5. The fourth-order valence-electron chi connectivity index (χ4n) is 2.64. The smallest absolute Gasteiger partial charge is 0.306 e. The van der Waals surface area contributed by atoms with Crippen LogP contribution in [0.15, 0.2) is 54.6 Å². The molecule has 0 spiro atoms.